The SMILES string of the molecule is CN=C(NCCCC(=O)N1CCc2ccccc21)N(C)Cc1ccc(OC)cc1OC.I. The van der Waals surface area contributed by atoms with E-state index in [1.54, 1.807) is 21.3 Å². The van der Waals surface area contributed by atoms with Gasteiger partial charge in [-0.1, -0.05) is 18.2 Å². The quantitative estimate of drug-likeness (QED) is 0.234. The third-order valence-electron chi connectivity index (χ3n) is 5.51. The fourth-order valence-corrected chi connectivity index (χ4v) is 3.87. The molecule has 0 saturated carbocycles. The summed E-state index contributed by atoms with van der Waals surface area (Å²) in [7, 11) is 7.03. The maximum atomic E-state index is 12.7. The second-order valence-electron chi connectivity index (χ2n) is 7.54. The molecule has 0 aromatic heterocycles. The van der Waals surface area contributed by atoms with Crippen LogP contribution in [-0.4, -0.2) is 58.2 Å². The minimum Gasteiger partial charge on any atom is -0.497 e. The fraction of sp³-hybridized carbons (Fsp3) is 0.417. The number of methoxy groups -OCH3 is 2. The van der Waals surface area contributed by atoms with E-state index in [2.05, 4.69) is 16.4 Å². The van der Waals surface area contributed by atoms with Crippen LogP contribution in [0.15, 0.2) is 47.5 Å². The number of aliphatic imine (C=N–C) groups is 1. The minimum absolute atomic E-state index is 0. The Bertz CT molecular complexity index is 935. The number of amides is 1. The molecule has 1 heterocycles. The van der Waals surface area contributed by atoms with Crippen molar-refractivity contribution in [2.45, 2.75) is 25.8 Å². The molecule has 0 spiro atoms. The van der Waals surface area contributed by atoms with E-state index in [-0.39, 0.29) is 29.9 Å². The molecule has 1 aliphatic rings. The van der Waals surface area contributed by atoms with Crippen molar-refractivity contribution in [2.24, 2.45) is 4.99 Å². The zero-order valence-corrected chi connectivity index (χ0v) is 21.6. The van der Waals surface area contributed by atoms with Crippen molar-refractivity contribution in [1.29, 1.82) is 0 Å². The second-order valence-corrected chi connectivity index (χ2v) is 7.54. The molecule has 2 aromatic rings. The Morgan fingerprint density at radius 3 is 2.69 bits per heavy atom. The van der Waals surface area contributed by atoms with Crippen molar-refractivity contribution in [2.75, 3.05) is 46.3 Å². The second kappa shape index (κ2) is 12.5. The number of anilines is 1. The maximum absolute atomic E-state index is 12.7. The van der Waals surface area contributed by atoms with Gasteiger partial charge in [-0.05, 0) is 36.6 Å². The molecule has 174 valence electrons. The molecule has 0 radical (unpaired) electrons. The van der Waals surface area contributed by atoms with Crippen molar-refractivity contribution in [3.8, 4) is 11.5 Å². The minimum atomic E-state index is 0. The van der Waals surface area contributed by atoms with Crippen LogP contribution in [0.4, 0.5) is 5.69 Å². The molecule has 1 N–H and O–H groups in total. The first-order valence-corrected chi connectivity index (χ1v) is 10.6. The number of benzene rings is 2. The van der Waals surface area contributed by atoms with Crippen molar-refractivity contribution < 1.29 is 14.3 Å². The zero-order valence-electron chi connectivity index (χ0n) is 19.3. The van der Waals surface area contributed by atoms with Crippen LogP contribution in [0.3, 0.4) is 0 Å². The summed E-state index contributed by atoms with van der Waals surface area (Å²) >= 11 is 0. The predicted octanol–water partition coefficient (Wildman–Crippen LogP) is 3.70. The van der Waals surface area contributed by atoms with Gasteiger partial charge in [0.25, 0.3) is 0 Å². The number of hydrogen-bond acceptors (Lipinski definition) is 4. The van der Waals surface area contributed by atoms with Gasteiger partial charge >= 0.3 is 0 Å². The smallest absolute Gasteiger partial charge is 0.227 e. The van der Waals surface area contributed by atoms with Crippen molar-refractivity contribution in [1.82, 2.24) is 10.2 Å². The average Bonchev–Trinajstić information content (AvgIpc) is 3.23. The average molecular weight is 552 g/mol. The lowest BCUT2D eigenvalue weighted by Crippen LogP contribution is -2.39. The Morgan fingerprint density at radius 1 is 1.19 bits per heavy atom. The maximum Gasteiger partial charge on any atom is 0.227 e. The van der Waals surface area contributed by atoms with Crippen molar-refractivity contribution in [3.63, 3.8) is 0 Å². The molecular formula is C24H33IN4O3. The van der Waals surface area contributed by atoms with Crippen LogP contribution >= 0.6 is 24.0 Å². The van der Waals surface area contributed by atoms with E-state index < -0.39 is 0 Å². The first-order valence-electron chi connectivity index (χ1n) is 10.6. The number of nitrogens with one attached hydrogen (secondary N) is 1. The van der Waals surface area contributed by atoms with Crippen LogP contribution in [0.1, 0.15) is 24.0 Å². The summed E-state index contributed by atoms with van der Waals surface area (Å²) in [6.07, 6.45) is 2.19. The summed E-state index contributed by atoms with van der Waals surface area (Å²) in [5.41, 5.74) is 3.35. The van der Waals surface area contributed by atoms with Crippen LogP contribution < -0.4 is 19.7 Å². The molecule has 0 atom stereocenters. The Hall–Kier alpha value is -2.49. The van der Waals surface area contributed by atoms with Crippen molar-refractivity contribution in [3.05, 3.63) is 53.6 Å². The number of guanidine groups is 1. The molecule has 0 fully saturated rings. The molecule has 0 aliphatic carbocycles. The van der Waals surface area contributed by atoms with Crippen LogP contribution in [-0.2, 0) is 17.8 Å². The number of fused-ring (bicyclic) bond motifs is 1. The van der Waals surface area contributed by atoms with Crippen LogP contribution in [0.25, 0.3) is 0 Å². The van der Waals surface area contributed by atoms with Crippen LogP contribution in [0.2, 0.25) is 0 Å². The Kier molecular flexibility index (Phi) is 10.1. The van der Waals surface area contributed by atoms with E-state index in [1.807, 2.05) is 53.2 Å². The Labute approximate surface area is 207 Å². The topological polar surface area (TPSA) is 66.4 Å². The lowest BCUT2D eigenvalue weighted by molar-refractivity contribution is -0.118. The Balaban J connectivity index is 0.00000363. The number of para-hydroxylation sites is 1. The fourth-order valence-electron chi connectivity index (χ4n) is 3.87. The van der Waals surface area contributed by atoms with Gasteiger partial charge < -0.3 is 24.6 Å². The zero-order chi connectivity index (χ0) is 22.2. The molecule has 0 unspecified atom stereocenters. The first-order chi connectivity index (χ1) is 15.1. The first kappa shape index (κ1) is 25.8. The summed E-state index contributed by atoms with van der Waals surface area (Å²) in [6, 6.07) is 13.9. The number of nitrogens with zero attached hydrogens (tertiary/aromatic N) is 3. The molecule has 1 amide bonds. The highest BCUT2D eigenvalue weighted by Gasteiger charge is 2.23. The van der Waals surface area contributed by atoms with Gasteiger partial charge in [0, 0.05) is 57.5 Å². The third-order valence-corrected chi connectivity index (χ3v) is 5.51. The molecule has 3 rings (SSSR count). The molecule has 1 aliphatic heterocycles. The molecule has 2 aromatic carbocycles. The van der Waals surface area contributed by atoms with E-state index in [0.717, 1.165) is 48.1 Å². The van der Waals surface area contributed by atoms with Crippen LogP contribution in [0, 0.1) is 0 Å². The third kappa shape index (κ3) is 6.27. The highest BCUT2D eigenvalue weighted by atomic mass is 127. The summed E-state index contributed by atoms with van der Waals surface area (Å²) in [5.74, 6) is 2.49. The van der Waals surface area contributed by atoms with Crippen LogP contribution in [0.5, 0.6) is 11.5 Å². The summed E-state index contributed by atoms with van der Waals surface area (Å²) in [4.78, 5) is 21.0. The van der Waals surface area contributed by atoms with E-state index in [9.17, 15) is 4.79 Å². The largest absolute Gasteiger partial charge is 0.497 e. The van der Waals surface area contributed by atoms with Gasteiger partial charge in [0.15, 0.2) is 5.96 Å². The van der Waals surface area contributed by atoms with Gasteiger partial charge in [0.1, 0.15) is 11.5 Å². The highest BCUT2D eigenvalue weighted by molar-refractivity contribution is 14.0. The van der Waals surface area contributed by atoms with Gasteiger partial charge in [-0.15, -0.1) is 24.0 Å². The Morgan fingerprint density at radius 2 is 1.97 bits per heavy atom. The van der Waals surface area contributed by atoms with Gasteiger partial charge in [-0.25, -0.2) is 0 Å². The molecule has 7 nitrogen and oxygen atoms in total. The lowest BCUT2D eigenvalue weighted by Gasteiger charge is -2.23. The van der Waals surface area contributed by atoms with E-state index in [1.165, 1.54) is 5.56 Å². The van der Waals surface area contributed by atoms with Gasteiger partial charge in [-0.3, -0.25) is 9.79 Å². The van der Waals surface area contributed by atoms with E-state index in [0.29, 0.717) is 19.5 Å². The van der Waals surface area contributed by atoms with Gasteiger partial charge in [0.2, 0.25) is 5.91 Å². The molecule has 0 saturated heterocycles. The normalized spacial score (nSPS) is 12.6. The number of halogens is 1. The van der Waals surface area contributed by atoms with Gasteiger partial charge in [0.05, 0.1) is 14.2 Å². The predicted molar refractivity (Wildman–Crippen MR) is 140 cm³/mol. The molecule has 32 heavy (non-hydrogen) atoms. The number of rotatable bonds is 8. The molecule has 8 heteroatoms. The summed E-state index contributed by atoms with van der Waals surface area (Å²) in [6.45, 7) is 2.09. The lowest BCUT2D eigenvalue weighted by atomic mass is 10.2. The number of carbonyl (C=O) groups is 1. The molecule has 0 bridgehead atoms. The van der Waals surface area contributed by atoms with Crippen molar-refractivity contribution >= 4 is 41.5 Å². The monoisotopic (exact) mass is 552 g/mol. The number of ether oxygens (including phenoxy) is 2. The van der Waals surface area contributed by atoms with E-state index in [4.69, 9.17) is 9.47 Å². The highest BCUT2D eigenvalue weighted by Crippen LogP contribution is 2.28. The number of carbonyl (C=O) groups excluding carboxylic acids is 1. The molecular weight excluding hydrogens is 519 g/mol. The van der Waals surface area contributed by atoms with E-state index >= 15 is 0 Å². The van der Waals surface area contributed by atoms with Gasteiger partial charge in [-0.2, -0.15) is 0 Å². The summed E-state index contributed by atoms with van der Waals surface area (Å²) in [5, 5.41) is 3.35. The standard InChI is InChI=1S/C24H32N4O3.HI/c1-25-24(27(2)17-19-11-12-20(30-3)16-22(19)31-4)26-14-7-10-23(29)28-15-13-18-8-5-6-9-21(18)28;/h5-6,8-9,11-12,16H,7,10,13-15,17H2,1-4H3,(H,25,26);1H. The summed E-state index contributed by atoms with van der Waals surface area (Å²) < 4.78 is 10.8. The number of hydrogen-bond donors (Lipinski definition) is 1.